The maximum Gasteiger partial charge on any atom is 0.244 e. The fourth-order valence-electron chi connectivity index (χ4n) is 3.44. The lowest BCUT2D eigenvalue weighted by molar-refractivity contribution is -0.140. The largest absolute Gasteiger partial charge is 0.497 e. The Kier molecular flexibility index (Phi) is 10.5. The first-order chi connectivity index (χ1) is 16.4. The number of halogens is 3. The highest BCUT2D eigenvalue weighted by Gasteiger charge is 2.32. The van der Waals surface area contributed by atoms with Crippen molar-refractivity contribution in [3.63, 3.8) is 0 Å². The van der Waals surface area contributed by atoms with Crippen LogP contribution in [-0.2, 0) is 26.2 Å². The number of anilines is 1. The van der Waals surface area contributed by atoms with Gasteiger partial charge < -0.3 is 15.0 Å². The maximum absolute atomic E-state index is 13.6. The van der Waals surface area contributed by atoms with Crippen LogP contribution in [0.5, 0.6) is 5.75 Å². The van der Waals surface area contributed by atoms with E-state index in [0.29, 0.717) is 18.7 Å². The summed E-state index contributed by atoms with van der Waals surface area (Å²) < 4.78 is 31.4. The Morgan fingerprint density at radius 2 is 1.63 bits per heavy atom. The fraction of sp³-hybridized carbons (Fsp3) is 0.391. The minimum absolute atomic E-state index is 0.00683. The van der Waals surface area contributed by atoms with Gasteiger partial charge in [-0.2, -0.15) is 0 Å². The second kappa shape index (κ2) is 12.7. The van der Waals surface area contributed by atoms with Gasteiger partial charge in [-0.05, 0) is 43.2 Å². The van der Waals surface area contributed by atoms with Crippen molar-refractivity contribution in [3.05, 3.63) is 57.0 Å². The number of hydrogen-bond acceptors (Lipinski definition) is 5. The first-order valence-electron chi connectivity index (χ1n) is 10.7. The number of nitrogens with one attached hydrogen (secondary N) is 1. The zero-order valence-electron chi connectivity index (χ0n) is 19.8. The van der Waals surface area contributed by atoms with E-state index in [4.69, 9.17) is 39.5 Å². The van der Waals surface area contributed by atoms with Crippen molar-refractivity contribution in [3.8, 4) is 5.75 Å². The van der Waals surface area contributed by atoms with Crippen LogP contribution in [0.1, 0.15) is 25.8 Å². The highest BCUT2D eigenvalue weighted by atomic mass is 35.5. The topological polar surface area (TPSA) is 96.0 Å². The summed E-state index contributed by atoms with van der Waals surface area (Å²) in [4.78, 5) is 27.7. The van der Waals surface area contributed by atoms with Crippen molar-refractivity contribution in [2.24, 2.45) is 0 Å². The lowest BCUT2D eigenvalue weighted by Gasteiger charge is -2.33. The first-order valence-corrected chi connectivity index (χ1v) is 13.7. The van der Waals surface area contributed by atoms with Gasteiger partial charge in [0.05, 0.1) is 34.1 Å². The van der Waals surface area contributed by atoms with Gasteiger partial charge in [0, 0.05) is 13.1 Å². The molecule has 1 unspecified atom stereocenters. The van der Waals surface area contributed by atoms with Gasteiger partial charge in [0.1, 0.15) is 18.3 Å². The summed E-state index contributed by atoms with van der Waals surface area (Å²) in [7, 11) is -2.42. The zero-order valence-corrected chi connectivity index (χ0v) is 22.9. The second-order valence-corrected chi connectivity index (χ2v) is 10.8. The third-order valence-electron chi connectivity index (χ3n) is 5.19. The summed E-state index contributed by atoms with van der Waals surface area (Å²) in [6.07, 6.45) is 1.27. The number of ether oxygens (including phenoxy) is 1. The van der Waals surface area contributed by atoms with Crippen molar-refractivity contribution in [1.29, 1.82) is 0 Å². The molecule has 2 amide bonds. The molecule has 0 radical (unpaired) electrons. The van der Waals surface area contributed by atoms with E-state index in [1.54, 1.807) is 45.2 Å². The molecule has 192 valence electrons. The molecule has 1 N–H and O–H groups in total. The van der Waals surface area contributed by atoms with Crippen LogP contribution in [0.3, 0.4) is 0 Å². The average Bonchev–Trinajstić information content (AvgIpc) is 2.79. The number of carbonyl (C=O) groups is 2. The zero-order chi connectivity index (χ0) is 26.3. The number of hydrogen-bond donors (Lipinski definition) is 1. The van der Waals surface area contributed by atoms with E-state index in [1.807, 2.05) is 0 Å². The highest BCUT2D eigenvalue weighted by molar-refractivity contribution is 7.92. The standard InChI is InChI=1S/C23H28Cl3N3O5S/c1-5-20(23(31)27-6-2)28(13-15-7-9-16(34-3)10-8-15)22(30)14-29(35(4,32)33)21-12-18(25)17(24)11-19(21)26/h7-12,20H,5-6,13-14H2,1-4H3,(H,27,31). The van der Waals surface area contributed by atoms with Crippen molar-refractivity contribution in [1.82, 2.24) is 10.2 Å². The minimum Gasteiger partial charge on any atom is -0.497 e. The van der Waals surface area contributed by atoms with Crippen LogP contribution in [0, 0.1) is 0 Å². The van der Waals surface area contributed by atoms with E-state index in [-0.39, 0.29) is 33.2 Å². The Balaban J connectivity index is 2.49. The number of carbonyl (C=O) groups excluding carboxylic acids is 2. The van der Waals surface area contributed by atoms with Crippen LogP contribution in [0.2, 0.25) is 15.1 Å². The quantitative estimate of drug-likeness (QED) is 0.409. The number of benzene rings is 2. The number of sulfonamides is 1. The third-order valence-corrected chi connectivity index (χ3v) is 7.34. The Morgan fingerprint density at radius 3 is 2.14 bits per heavy atom. The van der Waals surface area contributed by atoms with Crippen LogP contribution in [0.25, 0.3) is 0 Å². The van der Waals surface area contributed by atoms with Gasteiger partial charge in [-0.15, -0.1) is 0 Å². The molecule has 0 saturated heterocycles. The van der Waals surface area contributed by atoms with E-state index in [2.05, 4.69) is 5.32 Å². The summed E-state index contributed by atoms with van der Waals surface area (Å²) in [6, 6.07) is 8.79. The number of likely N-dealkylation sites (N-methyl/N-ethyl adjacent to an activating group) is 1. The van der Waals surface area contributed by atoms with Gasteiger partial charge in [-0.25, -0.2) is 8.42 Å². The Hall–Kier alpha value is -2.20. The van der Waals surface area contributed by atoms with Crippen molar-refractivity contribution < 1.29 is 22.7 Å². The van der Waals surface area contributed by atoms with Gasteiger partial charge in [-0.1, -0.05) is 53.9 Å². The van der Waals surface area contributed by atoms with E-state index in [0.717, 1.165) is 16.1 Å². The minimum atomic E-state index is -3.96. The Bertz CT molecular complexity index is 1160. The van der Waals surface area contributed by atoms with Crippen LogP contribution in [0.15, 0.2) is 36.4 Å². The molecule has 35 heavy (non-hydrogen) atoms. The molecule has 12 heteroatoms. The second-order valence-electron chi connectivity index (χ2n) is 7.68. The predicted octanol–water partition coefficient (Wildman–Crippen LogP) is 4.36. The summed E-state index contributed by atoms with van der Waals surface area (Å²) in [5.74, 6) is -0.290. The van der Waals surface area contributed by atoms with Crippen molar-refractivity contribution >= 4 is 62.3 Å². The van der Waals surface area contributed by atoms with Crippen molar-refractivity contribution in [2.75, 3.05) is 30.8 Å². The molecule has 0 fully saturated rings. The van der Waals surface area contributed by atoms with E-state index in [9.17, 15) is 18.0 Å². The molecule has 0 heterocycles. The molecule has 0 saturated carbocycles. The maximum atomic E-state index is 13.6. The molecule has 2 rings (SSSR count). The normalized spacial score (nSPS) is 12.1. The average molecular weight is 565 g/mol. The number of nitrogens with zero attached hydrogens (tertiary/aromatic N) is 2. The first kappa shape index (κ1) is 29.0. The summed E-state index contributed by atoms with van der Waals surface area (Å²) in [5.41, 5.74) is 0.743. The van der Waals surface area contributed by atoms with Crippen molar-refractivity contribution in [2.45, 2.75) is 32.9 Å². The van der Waals surface area contributed by atoms with Crippen LogP contribution < -0.4 is 14.4 Å². The molecule has 0 bridgehead atoms. The highest BCUT2D eigenvalue weighted by Crippen LogP contribution is 2.35. The summed E-state index contributed by atoms with van der Waals surface area (Å²) in [6.45, 7) is 3.41. The SMILES string of the molecule is CCNC(=O)C(CC)N(Cc1ccc(OC)cc1)C(=O)CN(c1cc(Cl)c(Cl)cc1Cl)S(C)(=O)=O. The Labute approximate surface area is 221 Å². The molecule has 0 spiro atoms. The van der Waals surface area contributed by atoms with Gasteiger partial charge in [0.25, 0.3) is 0 Å². The van der Waals surface area contributed by atoms with E-state index >= 15 is 0 Å². The molecule has 0 aliphatic carbocycles. The molecular formula is C23H28Cl3N3O5S. The van der Waals surface area contributed by atoms with E-state index in [1.165, 1.54) is 17.0 Å². The third kappa shape index (κ3) is 7.64. The van der Waals surface area contributed by atoms with Gasteiger partial charge in [0.15, 0.2) is 0 Å². The van der Waals surface area contributed by atoms with E-state index < -0.39 is 28.5 Å². The number of amides is 2. The molecule has 8 nitrogen and oxygen atoms in total. The van der Waals surface area contributed by atoms with Crippen LogP contribution >= 0.6 is 34.8 Å². The monoisotopic (exact) mass is 563 g/mol. The number of methoxy groups -OCH3 is 1. The number of rotatable bonds is 11. The van der Waals surface area contributed by atoms with Crippen LogP contribution in [0.4, 0.5) is 5.69 Å². The lowest BCUT2D eigenvalue weighted by atomic mass is 10.1. The molecule has 1 atom stereocenters. The molecule has 2 aromatic rings. The van der Waals surface area contributed by atoms with Gasteiger partial charge >= 0.3 is 0 Å². The molecule has 0 aliphatic heterocycles. The molecular weight excluding hydrogens is 537 g/mol. The fourth-order valence-corrected chi connectivity index (χ4v) is 4.98. The van der Waals surface area contributed by atoms with Gasteiger partial charge in [0.2, 0.25) is 21.8 Å². The summed E-state index contributed by atoms with van der Waals surface area (Å²) in [5, 5.41) is 2.97. The lowest BCUT2D eigenvalue weighted by Crippen LogP contribution is -2.52. The smallest absolute Gasteiger partial charge is 0.244 e. The van der Waals surface area contributed by atoms with Crippen LogP contribution in [-0.4, -0.2) is 57.6 Å². The Morgan fingerprint density at radius 1 is 1.03 bits per heavy atom. The van der Waals surface area contributed by atoms with Gasteiger partial charge in [-0.3, -0.25) is 13.9 Å². The summed E-state index contributed by atoms with van der Waals surface area (Å²) >= 11 is 18.3. The molecule has 2 aromatic carbocycles. The molecule has 0 aliphatic rings. The molecule has 0 aromatic heterocycles. The predicted molar refractivity (Wildman–Crippen MR) is 140 cm³/mol.